The number of benzene rings is 2. The standard InChI is InChI=1S/C22H24N2O5S/c1-28-17-8-6-7-16(13-17)23-20(25)14-29-22(27)18-9-2-3-10-19(18)30-15-21(26)24-11-4-5-12-24/h2-3,6-10,13H,4-5,11-12,14-15H2,1H3,(H,23,25). The van der Waals surface area contributed by atoms with Crippen LogP contribution in [0.3, 0.4) is 0 Å². The number of anilines is 1. The summed E-state index contributed by atoms with van der Waals surface area (Å²) in [6, 6.07) is 13.8. The van der Waals surface area contributed by atoms with E-state index in [0.29, 0.717) is 21.9 Å². The zero-order valence-electron chi connectivity index (χ0n) is 16.8. The van der Waals surface area contributed by atoms with Crippen LogP contribution in [0, 0.1) is 0 Å². The predicted molar refractivity (Wildman–Crippen MR) is 115 cm³/mol. The van der Waals surface area contributed by atoms with E-state index in [9.17, 15) is 14.4 Å². The second kappa shape index (κ2) is 10.7. The molecule has 3 rings (SSSR count). The molecule has 7 nitrogen and oxygen atoms in total. The van der Waals surface area contributed by atoms with E-state index in [2.05, 4.69) is 5.32 Å². The largest absolute Gasteiger partial charge is 0.497 e. The SMILES string of the molecule is COc1cccc(NC(=O)COC(=O)c2ccccc2SCC(=O)N2CCCC2)c1. The van der Waals surface area contributed by atoms with E-state index in [4.69, 9.17) is 9.47 Å². The molecule has 8 heteroatoms. The molecule has 158 valence electrons. The van der Waals surface area contributed by atoms with Crippen LogP contribution in [-0.2, 0) is 14.3 Å². The monoisotopic (exact) mass is 428 g/mol. The van der Waals surface area contributed by atoms with E-state index in [1.54, 1.807) is 48.5 Å². The van der Waals surface area contributed by atoms with Crippen molar-refractivity contribution in [3.63, 3.8) is 0 Å². The quantitative estimate of drug-likeness (QED) is 0.513. The lowest BCUT2D eigenvalue weighted by molar-refractivity contribution is -0.127. The Labute approximate surface area is 179 Å². The normalized spacial score (nSPS) is 13.0. The van der Waals surface area contributed by atoms with Gasteiger partial charge in [0.25, 0.3) is 5.91 Å². The highest BCUT2D eigenvalue weighted by molar-refractivity contribution is 8.00. The second-order valence-electron chi connectivity index (χ2n) is 6.73. The van der Waals surface area contributed by atoms with E-state index < -0.39 is 18.5 Å². The first-order valence-corrected chi connectivity index (χ1v) is 10.7. The summed E-state index contributed by atoms with van der Waals surface area (Å²) in [4.78, 5) is 39.4. The van der Waals surface area contributed by atoms with Gasteiger partial charge in [-0.15, -0.1) is 11.8 Å². The molecule has 2 aromatic rings. The zero-order chi connectivity index (χ0) is 21.3. The fraction of sp³-hybridized carbons (Fsp3) is 0.318. The third kappa shape index (κ3) is 6.00. The Balaban J connectivity index is 1.53. The van der Waals surface area contributed by atoms with Gasteiger partial charge in [-0.3, -0.25) is 9.59 Å². The fourth-order valence-corrected chi connectivity index (χ4v) is 4.01. The molecule has 1 saturated heterocycles. The van der Waals surface area contributed by atoms with Crippen molar-refractivity contribution in [2.75, 3.05) is 37.9 Å². The maximum Gasteiger partial charge on any atom is 0.339 e. The average molecular weight is 429 g/mol. The molecular formula is C22H24N2O5S. The van der Waals surface area contributed by atoms with E-state index in [1.807, 2.05) is 4.90 Å². The Morgan fingerprint density at radius 3 is 2.60 bits per heavy atom. The Morgan fingerprint density at radius 2 is 1.83 bits per heavy atom. The van der Waals surface area contributed by atoms with Gasteiger partial charge in [-0.05, 0) is 37.1 Å². The Morgan fingerprint density at radius 1 is 1.07 bits per heavy atom. The second-order valence-corrected chi connectivity index (χ2v) is 7.75. The molecule has 2 amide bonds. The summed E-state index contributed by atoms with van der Waals surface area (Å²) >= 11 is 1.30. The molecule has 1 N–H and O–H groups in total. The summed E-state index contributed by atoms with van der Waals surface area (Å²) in [7, 11) is 1.54. The first kappa shape index (κ1) is 21.7. The lowest BCUT2D eigenvalue weighted by Gasteiger charge is -2.15. The summed E-state index contributed by atoms with van der Waals surface area (Å²) in [6.07, 6.45) is 2.08. The molecule has 1 fully saturated rings. The van der Waals surface area contributed by atoms with E-state index >= 15 is 0 Å². The third-order valence-electron chi connectivity index (χ3n) is 4.60. The van der Waals surface area contributed by atoms with Crippen LogP contribution >= 0.6 is 11.8 Å². The third-order valence-corrected chi connectivity index (χ3v) is 5.66. The highest BCUT2D eigenvalue weighted by Crippen LogP contribution is 2.24. The molecule has 0 bridgehead atoms. The maximum absolute atomic E-state index is 12.5. The van der Waals surface area contributed by atoms with Gasteiger partial charge < -0.3 is 19.7 Å². The van der Waals surface area contributed by atoms with Crippen LogP contribution < -0.4 is 10.1 Å². The molecule has 1 aliphatic heterocycles. The van der Waals surface area contributed by atoms with Crippen LogP contribution in [-0.4, -0.2) is 55.2 Å². The average Bonchev–Trinajstić information content (AvgIpc) is 3.31. The number of hydrogen-bond acceptors (Lipinski definition) is 6. The van der Waals surface area contributed by atoms with Crippen LogP contribution in [0.25, 0.3) is 0 Å². The van der Waals surface area contributed by atoms with Crippen LogP contribution in [0.15, 0.2) is 53.4 Å². The molecular weight excluding hydrogens is 404 g/mol. The van der Waals surface area contributed by atoms with Crippen molar-refractivity contribution in [2.45, 2.75) is 17.7 Å². The first-order valence-electron chi connectivity index (χ1n) is 9.67. The van der Waals surface area contributed by atoms with E-state index in [0.717, 1.165) is 25.9 Å². The summed E-state index contributed by atoms with van der Waals surface area (Å²) in [6.45, 7) is 1.18. The number of carbonyl (C=O) groups excluding carboxylic acids is 3. The van der Waals surface area contributed by atoms with Gasteiger partial charge in [-0.2, -0.15) is 0 Å². The molecule has 0 saturated carbocycles. The van der Waals surface area contributed by atoms with Gasteiger partial charge in [0.2, 0.25) is 5.91 Å². The smallest absolute Gasteiger partial charge is 0.339 e. The van der Waals surface area contributed by atoms with Gasteiger partial charge in [0, 0.05) is 29.7 Å². The lowest BCUT2D eigenvalue weighted by Crippen LogP contribution is -2.29. The number of likely N-dealkylation sites (tertiary alicyclic amines) is 1. The van der Waals surface area contributed by atoms with Gasteiger partial charge in [-0.25, -0.2) is 4.79 Å². The number of carbonyl (C=O) groups is 3. The molecule has 2 aromatic carbocycles. The number of methoxy groups -OCH3 is 1. The number of thioether (sulfide) groups is 1. The lowest BCUT2D eigenvalue weighted by atomic mass is 10.2. The molecule has 0 radical (unpaired) electrons. The minimum atomic E-state index is -0.604. The summed E-state index contributed by atoms with van der Waals surface area (Å²) in [5.41, 5.74) is 0.887. The topological polar surface area (TPSA) is 84.9 Å². The Hall–Kier alpha value is -3.00. The molecule has 0 aromatic heterocycles. The molecule has 0 spiro atoms. The molecule has 1 heterocycles. The van der Waals surface area contributed by atoms with E-state index in [1.165, 1.54) is 18.9 Å². The number of hydrogen-bond donors (Lipinski definition) is 1. The predicted octanol–water partition coefficient (Wildman–Crippen LogP) is 3.21. The van der Waals surface area contributed by atoms with Gasteiger partial charge in [0.15, 0.2) is 6.61 Å². The van der Waals surface area contributed by atoms with Crippen LogP contribution in [0.4, 0.5) is 5.69 Å². The van der Waals surface area contributed by atoms with Gasteiger partial charge in [0.1, 0.15) is 5.75 Å². The highest BCUT2D eigenvalue weighted by atomic mass is 32.2. The maximum atomic E-state index is 12.5. The first-order chi connectivity index (χ1) is 14.6. The number of nitrogens with zero attached hydrogens (tertiary/aromatic N) is 1. The van der Waals surface area contributed by atoms with Gasteiger partial charge >= 0.3 is 5.97 Å². The van der Waals surface area contributed by atoms with Crippen molar-refractivity contribution in [3.8, 4) is 5.75 Å². The van der Waals surface area contributed by atoms with Crippen LogP contribution in [0.5, 0.6) is 5.75 Å². The fourth-order valence-electron chi connectivity index (χ4n) is 3.07. The van der Waals surface area contributed by atoms with Crippen molar-refractivity contribution >= 4 is 35.2 Å². The number of esters is 1. The number of ether oxygens (including phenoxy) is 2. The minimum Gasteiger partial charge on any atom is -0.497 e. The zero-order valence-corrected chi connectivity index (χ0v) is 17.6. The Kier molecular flexibility index (Phi) is 7.73. The minimum absolute atomic E-state index is 0.0679. The van der Waals surface area contributed by atoms with Crippen LogP contribution in [0.2, 0.25) is 0 Å². The summed E-state index contributed by atoms with van der Waals surface area (Å²) in [5, 5.41) is 2.66. The molecule has 0 unspecified atom stereocenters. The van der Waals surface area contributed by atoms with Crippen molar-refractivity contribution < 1.29 is 23.9 Å². The van der Waals surface area contributed by atoms with Crippen molar-refractivity contribution in [3.05, 3.63) is 54.1 Å². The summed E-state index contributed by atoms with van der Waals surface area (Å²) in [5.74, 6) is -0.114. The van der Waals surface area contributed by atoms with Crippen molar-refractivity contribution in [1.29, 1.82) is 0 Å². The van der Waals surface area contributed by atoms with Crippen LogP contribution in [0.1, 0.15) is 23.2 Å². The Bertz CT molecular complexity index is 912. The van der Waals surface area contributed by atoms with Crippen molar-refractivity contribution in [2.24, 2.45) is 0 Å². The van der Waals surface area contributed by atoms with E-state index in [-0.39, 0.29) is 11.7 Å². The molecule has 1 aliphatic rings. The molecule has 30 heavy (non-hydrogen) atoms. The number of nitrogens with one attached hydrogen (secondary N) is 1. The van der Waals surface area contributed by atoms with Gasteiger partial charge in [-0.1, -0.05) is 18.2 Å². The van der Waals surface area contributed by atoms with Crippen molar-refractivity contribution in [1.82, 2.24) is 4.90 Å². The molecule has 0 atom stereocenters. The van der Waals surface area contributed by atoms with Gasteiger partial charge in [0.05, 0.1) is 18.4 Å². The number of amides is 2. The molecule has 0 aliphatic carbocycles. The summed E-state index contributed by atoms with van der Waals surface area (Å²) < 4.78 is 10.3. The highest BCUT2D eigenvalue weighted by Gasteiger charge is 2.20. The number of rotatable bonds is 8.